The first-order valence-electron chi connectivity index (χ1n) is 13.2. The second-order valence-corrected chi connectivity index (χ2v) is 9.26. The molecule has 2 amide bonds. The first-order valence-corrected chi connectivity index (χ1v) is 13.2. The predicted octanol–water partition coefficient (Wildman–Crippen LogP) is 5.39. The van der Waals surface area contributed by atoms with Gasteiger partial charge in [-0.15, -0.1) is 0 Å². The number of benzene rings is 2. The van der Waals surface area contributed by atoms with Gasteiger partial charge in [0.1, 0.15) is 24.3 Å². The number of carbonyl (C=O) groups excluding carboxylic acids is 2. The van der Waals surface area contributed by atoms with E-state index >= 15 is 0 Å². The average molecular weight is 582 g/mol. The Morgan fingerprint density at radius 1 is 1.02 bits per heavy atom. The van der Waals surface area contributed by atoms with Crippen molar-refractivity contribution in [2.24, 2.45) is 12.8 Å². The van der Waals surface area contributed by atoms with E-state index in [2.05, 4.69) is 21.9 Å². The van der Waals surface area contributed by atoms with Crippen molar-refractivity contribution in [3.63, 3.8) is 0 Å². The van der Waals surface area contributed by atoms with Gasteiger partial charge in [0.15, 0.2) is 0 Å². The van der Waals surface area contributed by atoms with Crippen LogP contribution in [0, 0.1) is 0 Å². The molecule has 0 spiro atoms. The Bertz CT molecular complexity index is 1580. The van der Waals surface area contributed by atoms with Gasteiger partial charge in [-0.1, -0.05) is 44.7 Å². The molecule has 0 radical (unpaired) electrons. The number of aromatic nitrogens is 3. The summed E-state index contributed by atoms with van der Waals surface area (Å²) in [6.07, 6.45) is -3.20. The van der Waals surface area contributed by atoms with Crippen LogP contribution in [0.3, 0.4) is 0 Å². The van der Waals surface area contributed by atoms with Crippen molar-refractivity contribution >= 4 is 34.4 Å². The summed E-state index contributed by atoms with van der Waals surface area (Å²) in [7, 11) is 1.82. The van der Waals surface area contributed by atoms with Gasteiger partial charge in [-0.05, 0) is 42.3 Å². The molecule has 4 aromatic rings. The number of hydrogen-bond donors (Lipinski definition) is 3. The van der Waals surface area contributed by atoms with Crippen LogP contribution in [0.1, 0.15) is 31.1 Å². The van der Waals surface area contributed by atoms with E-state index in [0.717, 1.165) is 11.3 Å². The van der Waals surface area contributed by atoms with Crippen LogP contribution >= 0.6 is 0 Å². The number of nitrogens with one attached hydrogen (secondary N) is 1. The van der Waals surface area contributed by atoms with Crippen molar-refractivity contribution in [1.82, 2.24) is 19.4 Å². The number of fused-ring (bicyclic) bond motifs is 1. The highest BCUT2D eigenvalue weighted by atomic mass is 19.4. The van der Waals surface area contributed by atoms with Gasteiger partial charge in [0, 0.05) is 42.5 Å². The van der Waals surface area contributed by atoms with Crippen molar-refractivity contribution < 1.29 is 22.8 Å². The van der Waals surface area contributed by atoms with E-state index in [4.69, 9.17) is 11.5 Å². The first-order chi connectivity index (χ1) is 19.9. The van der Waals surface area contributed by atoms with Crippen LogP contribution in [0.4, 0.5) is 24.7 Å². The lowest BCUT2D eigenvalue weighted by Crippen LogP contribution is -2.41. The summed E-state index contributed by atoms with van der Waals surface area (Å²) in [5.41, 5.74) is 16.2. The molecule has 2 heterocycles. The number of halogens is 3. The molecular weight excluding hydrogens is 547 g/mol. The Balaban J connectivity index is 0.00000237. The quantitative estimate of drug-likeness (QED) is 0.239. The fourth-order valence-corrected chi connectivity index (χ4v) is 4.43. The van der Waals surface area contributed by atoms with Crippen LogP contribution in [-0.2, 0) is 11.8 Å². The molecule has 2 aromatic heterocycles. The van der Waals surface area contributed by atoms with Crippen LogP contribution in [-0.4, -0.2) is 57.1 Å². The molecule has 4 rings (SSSR count). The minimum atomic E-state index is -4.55. The zero-order chi connectivity index (χ0) is 31.2. The fraction of sp³-hybridized carbons (Fsp3) is 0.267. The smallest absolute Gasteiger partial charge is 0.383 e. The third-order valence-corrected chi connectivity index (χ3v) is 6.28. The van der Waals surface area contributed by atoms with Crippen molar-refractivity contribution in [2.45, 2.75) is 26.9 Å². The van der Waals surface area contributed by atoms with Crippen LogP contribution in [0.5, 0.6) is 0 Å². The van der Waals surface area contributed by atoms with Crippen LogP contribution in [0.2, 0.25) is 0 Å². The number of carbonyl (C=O) groups is 2. The molecule has 9 nitrogen and oxygen atoms in total. The molecule has 222 valence electrons. The number of alkyl halides is 3. The van der Waals surface area contributed by atoms with Gasteiger partial charge in [-0.2, -0.15) is 13.2 Å². The molecule has 2 aromatic carbocycles. The summed E-state index contributed by atoms with van der Waals surface area (Å²) in [4.78, 5) is 34.1. The molecule has 0 saturated heterocycles. The zero-order valence-corrected chi connectivity index (χ0v) is 23.9. The van der Waals surface area contributed by atoms with E-state index in [1.807, 2.05) is 37.6 Å². The molecule has 0 aliphatic carbocycles. The van der Waals surface area contributed by atoms with Crippen molar-refractivity contribution in [3.05, 3.63) is 72.6 Å². The minimum Gasteiger partial charge on any atom is -0.383 e. The van der Waals surface area contributed by atoms with E-state index in [0.29, 0.717) is 38.3 Å². The lowest BCUT2D eigenvalue weighted by atomic mass is 9.97. The highest BCUT2D eigenvalue weighted by Crippen LogP contribution is 2.41. The van der Waals surface area contributed by atoms with Gasteiger partial charge in [0.2, 0.25) is 0 Å². The summed E-state index contributed by atoms with van der Waals surface area (Å²) >= 11 is 0. The third kappa shape index (κ3) is 6.95. The van der Waals surface area contributed by atoms with Gasteiger partial charge in [0.05, 0.1) is 11.1 Å². The molecule has 12 heteroatoms. The first kappa shape index (κ1) is 31.8. The highest BCUT2D eigenvalue weighted by Gasteiger charge is 2.33. The normalized spacial score (nSPS) is 11.0. The second-order valence-electron chi connectivity index (χ2n) is 9.26. The van der Waals surface area contributed by atoms with Gasteiger partial charge >= 0.3 is 6.18 Å². The molecular formula is C30H34F3N7O2. The highest BCUT2D eigenvalue weighted by molar-refractivity contribution is 6.08. The van der Waals surface area contributed by atoms with Crippen molar-refractivity contribution in [1.29, 1.82) is 0 Å². The lowest BCUT2D eigenvalue weighted by molar-refractivity contribution is -0.140. The molecule has 0 aliphatic rings. The Morgan fingerprint density at radius 2 is 1.62 bits per heavy atom. The summed E-state index contributed by atoms with van der Waals surface area (Å²) in [5, 5.41) is 3.35. The molecule has 0 bridgehead atoms. The SMILES string of the molecule is C=C(C)C(=O)Nc1ccc(-c2c(-c3ccc(C(=O)N(CCN)CC(F)(F)F)cc3)c3c(N)ncnc3n2C)cc1.CC. The maximum absolute atomic E-state index is 13.0. The molecule has 42 heavy (non-hydrogen) atoms. The number of nitrogens with zero attached hydrogens (tertiary/aromatic N) is 4. The van der Waals surface area contributed by atoms with Crippen molar-refractivity contribution in [2.75, 3.05) is 30.7 Å². The number of rotatable bonds is 8. The zero-order valence-electron chi connectivity index (χ0n) is 23.9. The number of nitrogens with two attached hydrogens (primary N) is 2. The summed E-state index contributed by atoms with van der Waals surface area (Å²) in [6, 6.07) is 13.4. The minimum absolute atomic E-state index is 0.0880. The predicted molar refractivity (Wildman–Crippen MR) is 160 cm³/mol. The fourth-order valence-electron chi connectivity index (χ4n) is 4.43. The standard InChI is InChI=1S/C28H28F3N7O2.C2H6/c1-16(2)26(39)36-20-10-8-18(9-11-20)23-21(22-24(33)34-15-35-25(22)37(23)3)17-4-6-19(7-5-17)27(40)38(13-12-32)14-28(29,30)31;1-2/h4-11,15H,1,12-14,32H2,2-3H3,(H,36,39)(H2,33,34,35);1-2H3. The Morgan fingerprint density at radius 3 is 2.17 bits per heavy atom. The molecule has 0 aliphatic heterocycles. The second kappa shape index (κ2) is 13.3. The Labute approximate surface area is 242 Å². The Kier molecular flexibility index (Phi) is 10.1. The largest absolute Gasteiger partial charge is 0.406 e. The van der Waals surface area contributed by atoms with Crippen LogP contribution in [0.15, 0.2) is 67.0 Å². The number of nitrogen functional groups attached to an aromatic ring is 1. The van der Waals surface area contributed by atoms with E-state index in [1.165, 1.54) is 18.5 Å². The maximum Gasteiger partial charge on any atom is 0.406 e. The molecule has 0 fully saturated rings. The monoisotopic (exact) mass is 581 g/mol. The molecule has 0 unspecified atom stereocenters. The van der Waals surface area contributed by atoms with Gasteiger partial charge in [0.25, 0.3) is 11.8 Å². The Hall–Kier alpha value is -4.71. The van der Waals surface area contributed by atoms with Crippen molar-refractivity contribution in [3.8, 4) is 22.4 Å². The molecule has 5 N–H and O–H groups in total. The van der Waals surface area contributed by atoms with E-state index in [1.54, 1.807) is 31.2 Å². The summed E-state index contributed by atoms with van der Waals surface area (Å²) in [5.74, 6) is -0.828. The number of aryl methyl sites for hydroxylation is 1. The van der Waals surface area contributed by atoms with Crippen LogP contribution in [0.25, 0.3) is 33.4 Å². The number of hydrogen-bond acceptors (Lipinski definition) is 6. The average Bonchev–Trinajstić information content (AvgIpc) is 3.26. The van der Waals surface area contributed by atoms with Crippen LogP contribution < -0.4 is 16.8 Å². The number of amides is 2. The lowest BCUT2D eigenvalue weighted by Gasteiger charge is -2.23. The van der Waals surface area contributed by atoms with Gasteiger partial charge < -0.3 is 26.3 Å². The number of anilines is 2. The molecule has 0 saturated carbocycles. The summed E-state index contributed by atoms with van der Waals surface area (Å²) < 4.78 is 40.9. The summed E-state index contributed by atoms with van der Waals surface area (Å²) in [6.45, 7) is 7.52. The van der Waals surface area contributed by atoms with E-state index < -0.39 is 18.6 Å². The maximum atomic E-state index is 13.0. The molecule has 0 atom stereocenters. The van der Waals surface area contributed by atoms with E-state index in [-0.39, 0.29) is 30.4 Å². The van der Waals surface area contributed by atoms with E-state index in [9.17, 15) is 22.8 Å². The van der Waals surface area contributed by atoms with Gasteiger partial charge in [-0.3, -0.25) is 9.59 Å². The third-order valence-electron chi connectivity index (χ3n) is 6.28. The topological polar surface area (TPSA) is 132 Å². The van der Waals surface area contributed by atoms with Gasteiger partial charge in [-0.25, -0.2) is 9.97 Å².